The van der Waals surface area contributed by atoms with Gasteiger partial charge in [-0.1, -0.05) is 29.3 Å². The van der Waals surface area contributed by atoms with Gasteiger partial charge in [0.1, 0.15) is 5.69 Å². The Morgan fingerprint density at radius 3 is 2.62 bits per heavy atom. The van der Waals surface area contributed by atoms with E-state index in [1.54, 1.807) is 36.0 Å². The van der Waals surface area contributed by atoms with Crippen molar-refractivity contribution < 1.29 is 9.59 Å². The van der Waals surface area contributed by atoms with Gasteiger partial charge in [0.2, 0.25) is 5.91 Å². The molecule has 1 aromatic carbocycles. The molecule has 2 aromatic rings. The Morgan fingerprint density at radius 1 is 1.25 bits per heavy atom. The number of carbonyl (C=O) groups excluding carboxylic acids is 2. The Balaban J connectivity index is 1.75. The van der Waals surface area contributed by atoms with Crippen molar-refractivity contribution >= 4 is 62.7 Å². The lowest BCUT2D eigenvalue weighted by molar-refractivity contribution is -0.119. The van der Waals surface area contributed by atoms with Crippen molar-refractivity contribution in [3.05, 3.63) is 56.2 Å². The van der Waals surface area contributed by atoms with Crippen molar-refractivity contribution in [2.45, 2.75) is 5.75 Å². The Morgan fingerprint density at radius 2 is 2.00 bits per heavy atom. The molecule has 0 atom stereocenters. The van der Waals surface area contributed by atoms with Gasteiger partial charge in [-0.05, 0) is 39.7 Å². The maximum Gasteiger partial charge on any atom is 0.286 e. The number of halogens is 3. The van der Waals surface area contributed by atoms with E-state index in [9.17, 15) is 9.59 Å². The third-order valence-corrected chi connectivity index (χ3v) is 5.03. The molecule has 2 rings (SSSR count). The predicted molar refractivity (Wildman–Crippen MR) is 101 cm³/mol. The number of carbonyl (C=O) groups is 2. The molecular formula is C15H14BrCl2N3O2S. The van der Waals surface area contributed by atoms with E-state index in [0.717, 1.165) is 10.0 Å². The first kappa shape index (κ1) is 19.2. The SMILES string of the molecule is Cn1cc(Br)cc1C(=O)NNC(=O)CSCc1ccc(Cl)cc1Cl. The minimum atomic E-state index is -0.387. The fourth-order valence-electron chi connectivity index (χ4n) is 1.87. The first-order chi connectivity index (χ1) is 11.4. The van der Waals surface area contributed by atoms with Gasteiger partial charge in [0, 0.05) is 33.5 Å². The normalized spacial score (nSPS) is 10.5. The highest BCUT2D eigenvalue weighted by molar-refractivity contribution is 9.10. The van der Waals surface area contributed by atoms with E-state index in [-0.39, 0.29) is 17.6 Å². The highest BCUT2D eigenvalue weighted by atomic mass is 79.9. The maximum atomic E-state index is 12.0. The summed E-state index contributed by atoms with van der Waals surface area (Å²) >= 11 is 16.6. The van der Waals surface area contributed by atoms with Crippen LogP contribution in [-0.4, -0.2) is 22.1 Å². The summed E-state index contributed by atoms with van der Waals surface area (Å²) in [4.78, 5) is 23.7. The summed E-state index contributed by atoms with van der Waals surface area (Å²) in [5, 5.41) is 1.14. The molecular weight excluding hydrogens is 437 g/mol. The molecule has 1 heterocycles. The zero-order valence-corrected chi connectivity index (χ0v) is 16.5. The summed E-state index contributed by atoms with van der Waals surface area (Å²) in [5.41, 5.74) is 6.10. The van der Waals surface area contributed by atoms with E-state index in [4.69, 9.17) is 23.2 Å². The standard InChI is InChI=1S/C15H14BrCl2N3O2S/c1-21-6-10(16)4-13(21)15(23)20-19-14(22)8-24-7-9-2-3-11(17)5-12(9)18/h2-6H,7-8H2,1H3,(H,19,22)(H,20,23). The Bertz CT molecular complexity index is 767. The number of hydrazine groups is 1. The number of aromatic nitrogens is 1. The molecule has 2 amide bonds. The summed E-state index contributed by atoms with van der Waals surface area (Å²) < 4.78 is 2.44. The van der Waals surface area contributed by atoms with E-state index < -0.39 is 0 Å². The maximum absolute atomic E-state index is 12.0. The molecule has 0 saturated carbocycles. The summed E-state index contributed by atoms with van der Waals surface area (Å²) in [6, 6.07) is 6.91. The van der Waals surface area contributed by atoms with Crippen molar-refractivity contribution in [1.82, 2.24) is 15.4 Å². The molecule has 0 aliphatic heterocycles. The highest BCUT2D eigenvalue weighted by Gasteiger charge is 2.12. The highest BCUT2D eigenvalue weighted by Crippen LogP contribution is 2.24. The first-order valence-corrected chi connectivity index (χ1v) is 9.50. The van der Waals surface area contributed by atoms with Gasteiger partial charge in [-0.3, -0.25) is 20.4 Å². The van der Waals surface area contributed by atoms with E-state index in [2.05, 4.69) is 26.8 Å². The molecule has 0 fully saturated rings. The second-order valence-electron chi connectivity index (χ2n) is 4.89. The number of hydrogen-bond acceptors (Lipinski definition) is 3. The lowest BCUT2D eigenvalue weighted by atomic mass is 10.2. The Hall–Kier alpha value is -1.15. The van der Waals surface area contributed by atoms with E-state index >= 15 is 0 Å². The zero-order chi connectivity index (χ0) is 17.7. The number of nitrogens with one attached hydrogen (secondary N) is 2. The van der Waals surface area contributed by atoms with Crippen LogP contribution in [0.2, 0.25) is 10.0 Å². The summed E-state index contributed by atoms with van der Waals surface area (Å²) in [5.74, 6) is 0.0760. The second kappa shape index (κ2) is 8.80. The summed E-state index contributed by atoms with van der Waals surface area (Å²) in [6.45, 7) is 0. The number of hydrogen-bond donors (Lipinski definition) is 2. The van der Waals surface area contributed by atoms with Gasteiger partial charge in [0.15, 0.2) is 0 Å². The van der Waals surface area contributed by atoms with Crippen LogP contribution in [0.3, 0.4) is 0 Å². The number of aryl methyl sites for hydroxylation is 1. The molecule has 9 heteroatoms. The largest absolute Gasteiger partial charge is 0.345 e. The molecule has 24 heavy (non-hydrogen) atoms. The second-order valence-corrected chi connectivity index (χ2v) is 7.63. The van der Waals surface area contributed by atoms with Crippen molar-refractivity contribution in [3.8, 4) is 0 Å². The molecule has 0 aliphatic carbocycles. The minimum Gasteiger partial charge on any atom is -0.345 e. The van der Waals surface area contributed by atoms with Gasteiger partial charge in [-0.15, -0.1) is 11.8 Å². The van der Waals surface area contributed by atoms with Crippen molar-refractivity contribution in [2.75, 3.05) is 5.75 Å². The molecule has 0 spiro atoms. The molecule has 128 valence electrons. The van der Waals surface area contributed by atoms with Crippen LogP contribution >= 0.6 is 50.9 Å². The Labute approximate surface area is 162 Å². The molecule has 0 saturated heterocycles. The molecule has 1 aromatic heterocycles. The van der Waals surface area contributed by atoms with Crippen LogP contribution in [0.1, 0.15) is 16.1 Å². The zero-order valence-electron chi connectivity index (χ0n) is 12.6. The van der Waals surface area contributed by atoms with Crippen LogP contribution < -0.4 is 10.9 Å². The van der Waals surface area contributed by atoms with Gasteiger partial charge >= 0.3 is 0 Å². The monoisotopic (exact) mass is 449 g/mol. The van der Waals surface area contributed by atoms with Crippen molar-refractivity contribution in [3.63, 3.8) is 0 Å². The molecule has 0 bridgehead atoms. The van der Waals surface area contributed by atoms with Crippen LogP contribution in [0, 0.1) is 0 Å². The number of nitrogens with zero attached hydrogens (tertiary/aromatic N) is 1. The lowest BCUT2D eigenvalue weighted by Crippen LogP contribution is -2.43. The molecule has 2 N–H and O–H groups in total. The van der Waals surface area contributed by atoms with Gasteiger partial charge in [0.05, 0.1) is 5.75 Å². The van der Waals surface area contributed by atoms with E-state index in [0.29, 0.717) is 21.5 Å². The van der Waals surface area contributed by atoms with Gasteiger partial charge < -0.3 is 4.57 Å². The average Bonchev–Trinajstić information content (AvgIpc) is 2.86. The predicted octanol–water partition coefficient (Wildman–Crippen LogP) is 3.79. The van der Waals surface area contributed by atoms with Gasteiger partial charge in [-0.25, -0.2) is 0 Å². The molecule has 0 aliphatic rings. The summed E-state index contributed by atoms with van der Waals surface area (Å²) in [7, 11) is 1.74. The van der Waals surface area contributed by atoms with Gasteiger partial charge in [-0.2, -0.15) is 0 Å². The van der Waals surface area contributed by atoms with Crippen molar-refractivity contribution in [2.24, 2.45) is 7.05 Å². The molecule has 0 unspecified atom stereocenters. The Kier molecular flexibility index (Phi) is 7.03. The van der Waals surface area contributed by atoms with Crippen LogP contribution in [0.4, 0.5) is 0 Å². The number of amides is 2. The van der Waals surface area contributed by atoms with Crippen LogP contribution in [0.25, 0.3) is 0 Å². The third-order valence-electron chi connectivity index (χ3n) is 3.03. The first-order valence-electron chi connectivity index (χ1n) is 6.79. The van der Waals surface area contributed by atoms with E-state index in [1.165, 1.54) is 11.8 Å². The average molecular weight is 451 g/mol. The number of benzene rings is 1. The molecule has 5 nitrogen and oxygen atoms in total. The summed E-state index contributed by atoms with van der Waals surface area (Å²) in [6.07, 6.45) is 1.75. The number of thioether (sulfide) groups is 1. The lowest BCUT2D eigenvalue weighted by Gasteiger charge is -2.08. The van der Waals surface area contributed by atoms with Crippen LogP contribution in [0.15, 0.2) is 34.9 Å². The molecule has 0 radical (unpaired) electrons. The van der Waals surface area contributed by atoms with Crippen molar-refractivity contribution in [1.29, 1.82) is 0 Å². The quantitative estimate of drug-likeness (QED) is 0.681. The van der Waals surface area contributed by atoms with Gasteiger partial charge in [0.25, 0.3) is 5.91 Å². The van der Waals surface area contributed by atoms with Crippen LogP contribution in [-0.2, 0) is 17.6 Å². The fraction of sp³-hybridized carbons (Fsp3) is 0.200. The minimum absolute atomic E-state index is 0.191. The fourth-order valence-corrected chi connectivity index (χ4v) is 3.78. The number of rotatable bonds is 5. The van der Waals surface area contributed by atoms with Crippen LogP contribution in [0.5, 0.6) is 0 Å². The smallest absolute Gasteiger partial charge is 0.286 e. The van der Waals surface area contributed by atoms with E-state index in [1.807, 2.05) is 6.07 Å². The third kappa shape index (κ3) is 5.44. The topological polar surface area (TPSA) is 63.1 Å².